The number of carbonyl (C=O) groups excluding carboxylic acids is 1. The summed E-state index contributed by atoms with van der Waals surface area (Å²) in [6.45, 7) is 0.542. The summed E-state index contributed by atoms with van der Waals surface area (Å²) in [4.78, 5) is 24.7. The maximum atomic E-state index is 12.1. The SMILES string of the molecule is O=C(Nc1ccc(Br)cc1)c1cnc(NCc2ccccn2)cn1. The number of halogens is 1. The quantitative estimate of drug-likeness (QED) is 0.704. The van der Waals surface area contributed by atoms with Crippen molar-refractivity contribution in [1.82, 2.24) is 15.0 Å². The van der Waals surface area contributed by atoms with Crippen molar-refractivity contribution in [1.29, 1.82) is 0 Å². The van der Waals surface area contributed by atoms with Gasteiger partial charge < -0.3 is 10.6 Å². The molecular weight excluding hydrogens is 370 g/mol. The van der Waals surface area contributed by atoms with Crippen molar-refractivity contribution in [3.05, 3.63) is 76.9 Å². The van der Waals surface area contributed by atoms with E-state index in [-0.39, 0.29) is 11.6 Å². The molecular formula is C17H14BrN5O. The average Bonchev–Trinajstić information content (AvgIpc) is 2.63. The number of amides is 1. The molecule has 0 saturated heterocycles. The Kier molecular flexibility index (Phi) is 5.12. The molecule has 1 aromatic carbocycles. The molecule has 2 heterocycles. The minimum Gasteiger partial charge on any atom is -0.363 e. The van der Waals surface area contributed by atoms with Crippen LogP contribution in [0.5, 0.6) is 0 Å². The Labute approximate surface area is 147 Å². The van der Waals surface area contributed by atoms with Gasteiger partial charge in [-0.3, -0.25) is 9.78 Å². The lowest BCUT2D eigenvalue weighted by atomic mass is 10.3. The van der Waals surface area contributed by atoms with Crippen molar-refractivity contribution in [3.8, 4) is 0 Å². The molecule has 0 atom stereocenters. The molecule has 24 heavy (non-hydrogen) atoms. The summed E-state index contributed by atoms with van der Waals surface area (Å²) in [6.07, 6.45) is 4.70. The van der Waals surface area contributed by atoms with Gasteiger partial charge >= 0.3 is 0 Å². The highest BCUT2D eigenvalue weighted by Crippen LogP contribution is 2.14. The van der Waals surface area contributed by atoms with Crippen LogP contribution in [0.4, 0.5) is 11.5 Å². The number of nitrogens with one attached hydrogen (secondary N) is 2. The van der Waals surface area contributed by atoms with Crippen LogP contribution in [0.15, 0.2) is 65.5 Å². The molecule has 0 bridgehead atoms. The van der Waals surface area contributed by atoms with Gasteiger partial charge in [0.05, 0.1) is 24.6 Å². The summed E-state index contributed by atoms with van der Waals surface area (Å²) in [7, 11) is 0. The number of hydrogen-bond acceptors (Lipinski definition) is 5. The Morgan fingerprint density at radius 1 is 1.00 bits per heavy atom. The number of carbonyl (C=O) groups is 1. The van der Waals surface area contributed by atoms with Crippen molar-refractivity contribution in [2.45, 2.75) is 6.54 Å². The molecule has 3 aromatic rings. The second-order valence-electron chi connectivity index (χ2n) is 4.92. The predicted molar refractivity (Wildman–Crippen MR) is 95.7 cm³/mol. The highest BCUT2D eigenvalue weighted by molar-refractivity contribution is 9.10. The minimum atomic E-state index is -0.305. The van der Waals surface area contributed by atoms with E-state index in [0.717, 1.165) is 10.2 Å². The second kappa shape index (κ2) is 7.65. The van der Waals surface area contributed by atoms with Gasteiger partial charge in [0.25, 0.3) is 5.91 Å². The topological polar surface area (TPSA) is 79.8 Å². The van der Waals surface area contributed by atoms with Crippen molar-refractivity contribution in [2.75, 3.05) is 10.6 Å². The molecule has 0 fully saturated rings. The van der Waals surface area contributed by atoms with Crippen LogP contribution in [-0.2, 0) is 6.54 Å². The number of anilines is 2. The molecule has 2 N–H and O–H groups in total. The molecule has 7 heteroatoms. The third-order valence-electron chi connectivity index (χ3n) is 3.16. The summed E-state index contributed by atoms with van der Waals surface area (Å²) in [5.74, 6) is 0.280. The molecule has 1 amide bonds. The van der Waals surface area contributed by atoms with Crippen LogP contribution in [0.2, 0.25) is 0 Å². The molecule has 6 nitrogen and oxygen atoms in total. The van der Waals surface area contributed by atoms with E-state index in [9.17, 15) is 4.79 Å². The Hall–Kier alpha value is -2.80. The van der Waals surface area contributed by atoms with Gasteiger partial charge in [-0.2, -0.15) is 0 Å². The molecule has 0 unspecified atom stereocenters. The van der Waals surface area contributed by atoms with E-state index in [1.165, 1.54) is 12.4 Å². The van der Waals surface area contributed by atoms with Gasteiger partial charge in [-0.15, -0.1) is 0 Å². The largest absolute Gasteiger partial charge is 0.363 e. The van der Waals surface area contributed by atoms with Crippen LogP contribution in [-0.4, -0.2) is 20.9 Å². The number of nitrogens with zero attached hydrogens (tertiary/aromatic N) is 3. The summed E-state index contributed by atoms with van der Waals surface area (Å²) in [5, 5.41) is 5.88. The molecule has 3 rings (SSSR count). The van der Waals surface area contributed by atoms with Gasteiger partial charge in [0.2, 0.25) is 0 Å². The normalized spacial score (nSPS) is 10.2. The Morgan fingerprint density at radius 2 is 1.83 bits per heavy atom. The lowest BCUT2D eigenvalue weighted by Gasteiger charge is -2.07. The van der Waals surface area contributed by atoms with E-state index in [2.05, 4.69) is 41.5 Å². The molecule has 0 aliphatic heterocycles. The van der Waals surface area contributed by atoms with Crippen LogP contribution in [0, 0.1) is 0 Å². The van der Waals surface area contributed by atoms with E-state index in [4.69, 9.17) is 0 Å². The Balaban J connectivity index is 1.59. The maximum absolute atomic E-state index is 12.1. The van der Waals surface area contributed by atoms with Crippen LogP contribution in [0.25, 0.3) is 0 Å². The van der Waals surface area contributed by atoms with E-state index in [1.54, 1.807) is 18.3 Å². The van der Waals surface area contributed by atoms with Crippen LogP contribution >= 0.6 is 15.9 Å². The third-order valence-corrected chi connectivity index (χ3v) is 3.69. The average molecular weight is 384 g/mol. The van der Waals surface area contributed by atoms with E-state index in [0.29, 0.717) is 18.1 Å². The third kappa shape index (κ3) is 4.36. The monoisotopic (exact) mass is 383 g/mol. The minimum absolute atomic E-state index is 0.251. The summed E-state index contributed by atoms with van der Waals surface area (Å²) >= 11 is 3.35. The van der Waals surface area contributed by atoms with E-state index < -0.39 is 0 Å². The van der Waals surface area contributed by atoms with Gasteiger partial charge in [0, 0.05) is 16.4 Å². The van der Waals surface area contributed by atoms with Crippen LogP contribution in [0.3, 0.4) is 0 Å². The van der Waals surface area contributed by atoms with Crippen molar-refractivity contribution in [2.24, 2.45) is 0 Å². The molecule has 2 aromatic heterocycles. The van der Waals surface area contributed by atoms with Gasteiger partial charge in [0.15, 0.2) is 0 Å². The summed E-state index contributed by atoms with van der Waals surface area (Å²) in [5.41, 5.74) is 1.85. The first-order valence-electron chi connectivity index (χ1n) is 7.23. The molecule has 0 aliphatic rings. The Bertz CT molecular complexity index is 807. The predicted octanol–water partition coefficient (Wildman–Crippen LogP) is 3.50. The van der Waals surface area contributed by atoms with Crippen molar-refractivity contribution >= 4 is 33.3 Å². The summed E-state index contributed by atoms with van der Waals surface area (Å²) < 4.78 is 0.948. The van der Waals surface area contributed by atoms with Crippen LogP contribution < -0.4 is 10.6 Å². The number of pyridine rings is 1. The standard InChI is InChI=1S/C17H14BrN5O/c18-12-4-6-13(7-5-12)23-17(24)15-10-22-16(11-20-15)21-9-14-3-1-2-8-19-14/h1-8,10-11H,9H2,(H,21,22)(H,23,24). The molecule has 0 radical (unpaired) electrons. The van der Waals surface area contributed by atoms with Crippen molar-refractivity contribution in [3.63, 3.8) is 0 Å². The molecule has 120 valence electrons. The van der Waals surface area contributed by atoms with E-state index >= 15 is 0 Å². The fourth-order valence-corrected chi connectivity index (χ4v) is 2.21. The first-order valence-corrected chi connectivity index (χ1v) is 8.03. The zero-order valence-electron chi connectivity index (χ0n) is 12.6. The first kappa shape index (κ1) is 16.1. The fraction of sp³-hybridized carbons (Fsp3) is 0.0588. The number of benzene rings is 1. The Morgan fingerprint density at radius 3 is 2.50 bits per heavy atom. The zero-order valence-corrected chi connectivity index (χ0v) is 14.2. The number of rotatable bonds is 5. The second-order valence-corrected chi connectivity index (χ2v) is 5.84. The smallest absolute Gasteiger partial charge is 0.275 e. The van der Waals surface area contributed by atoms with Crippen molar-refractivity contribution < 1.29 is 4.79 Å². The van der Waals surface area contributed by atoms with Crippen LogP contribution in [0.1, 0.15) is 16.2 Å². The van der Waals surface area contributed by atoms with Gasteiger partial charge in [0.1, 0.15) is 11.5 Å². The molecule has 0 saturated carbocycles. The molecule has 0 spiro atoms. The highest BCUT2D eigenvalue weighted by Gasteiger charge is 2.08. The maximum Gasteiger partial charge on any atom is 0.275 e. The van der Waals surface area contributed by atoms with Gasteiger partial charge in [-0.05, 0) is 36.4 Å². The summed E-state index contributed by atoms with van der Waals surface area (Å²) in [6, 6.07) is 13.0. The fourth-order valence-electron chi connectivity index (χ4n) is 1.95. The first-order chi connectivity index (χ1) is 11.7. The number of aromatic nitrogens is 3. The van der Waals surface area contributed by atoms with E-state index in [1.807, 2.05) is 30.3 Å². The molecule has 0 aliphatic carbocycles. The number of hydrogen-bond donors (Lipinski definition) is 2. The van der Waals surface area contributed by atoms with Gasteiger partial charge in [-0.1, -0.05) is 22.0 Å². The zero-order chi connectivity index (χ0) is 16.8. The lowest BCUT2D eigenvalue weighted by molar-refractivity contribution is 0.102. The highest BCUT2D eigenvalue weighted by atomic mass is 79.9. The van der Waals surface area contributed by atoms with Gasteiger partial charge in [-0.25, -0.2) is 9.97 Å². The lowest BCUT2D eigenvalue weighted by Crippen LogP contribution is -2.14.